The molecule has 1 heterocycles. The summed E-state index contributed by atoms with van der Waals surface area (Å²) >= 11 is 0. The number of pyridine rings is 1. The number of carbonyl (C=O) groups excluding carboxylic acids is 1. The molecule has 0 radical (unpaired) electrons. The van der Waals surface area contributed by atoms with Gasteiger partial charge < -0.3 is 5.32 Å². The number of carbonyl (C=O) groups is 1. The molecular weight excluding hydrogens is 350 g/mol. The topological polar surface area (TPSA) is 88.2 Å². The Labute approximate surface area is 155 Å². The van der Waals surface area contributed by atoms with E-state index in [2.05, 4.69) is 35.8 Å². The van der Waals surface area contributed by atoms with E-state index in [1.54, 1.807) is 24.4 Å². The van der Waals surface area contributed by atoms with Gasteiger partial charge in [0.25, 0.3) is 0 Å². The molecule has 0 bridgehead atoms. The van der Waals surface area contributed by atoms with Gasteiger partial charge in [-0.3, -0.25) is 4.79 Å². The first-order chi connectivity index (χ1) is 12.1. The van der Waals surface area contributed by atoms with Crippen LogP contribution in [0.25, 0.3) is 0 Å². The SMILES string of the molecule is Cc1ccc(NC(=O)CCNS(=O)(=O)c2ccc(C(C)(C)C)cc2)nc1. The summed E-state index contributed by atoms with van der Waals surface area (Å²) in [6.07, 6.45) is 1.68. The van der Waals surface area contributed by atoms with Crippen LogP contribution in [0.5, 0.6) is 0 Å². The first-order valence-electron chi connectivity index (χ1n) is 8.41. The Hall–Kier alpha value is -2.25. The molecule has 2 rings (SSSR count). The molecule has 2 N–H and O–H groups in total. The molecule has 0 aliphatic rings. The third kappa shape index (κ3) is 5.64. The zero-order valence-electron chi connectivity index (χ0n) is 15.5. The second-order valence-electron chi connectivity index (χ2n) is 7.19. The van der Waals surface area contributed by atoms with Crippen LogP contribution in [0.3, 0.4) is 0 Å². The van der Waals surface area contributed by atoms with Crippen molar-refractivity contribution in [1.82, 2.24) is 9.71 Å². The largest absolute Gasteiger partial charge is 0.311 e. The maximum atomic E-state index is 12.3. The van der Waals surface area contributed by atoms with Crippen molar-refractivity contribution in [1.29, 1.82) is 0 Å². The Kier molecular flexibility index (Phi) is 6.15. The van der Waals surface area contributed by atoms with Gasteiger partial charge in [-0.05, 0) is 41.7 Å². The number of nitrogens with zero attached hydrogens (tertiary/aromatic N) is 1. The highest BCUT2D eigenvalue weighted by Gasteiger charge is 2.17. The summed E-state index contributed by atoms with van der Waals surface area (Å²) in [5.74, 6) is 0.147. The van der Waals surface area contributed by atoms with Gasteiger partial charge in [0.15, 0.2) is 0 Å². The molecule has 0 spiro atoms. The van der Waals surface area contributed by atoms with Crippen molar-refractivity contribution in [2.45, 2.75) is 44.4 Å². The smallest absolute Gasteiger partial charge is 0.240 e. The number of aromatic nitrogens is 1. The van der Waals surface area contributed by atoms with Crippen molar-refractivity contribution < 1.29 is 13.2 Å². The predicted octanol–water partition coefficient (Wildman–Crippen LogP) is 2.99. The monoisotopic (exact) mass is 375 g/mol. The van der Waals surface area contributed by atoms with E-state index >= 15 is 0 Å². The molecule has 2 aromatic rings. The van der Waals surface area contributed by atoms with E-state index in [0.717, 1.165) is 11.1 Å². The zero-order valence-corrected chi connectivity index (χ0v) is 16.4. The van der Waals surface area contributed by atoms with E-state index < -0.39 is 10.0 Å². The van der Waals surface area contributed by atoms with E-state index in [-0.39, 0.29) is 29.2 Å². The molecule has 0 atom stereocenters. The molecule has 0 saturated carbocycles. The van der Waals surface area contributed by atoms with Crippen LogP contribution in [-0.2, 0) is 20.2 Å². The van der Waals surface area contributed by atoms with Crippen LogP contribution in [-0.4, -0.2) is 25.9 Å². The fourth-order valence-electron chi connectivity index (χ4n) is 2.26. The maximum absolute atomic E-state index is 12.3. The number of hydrogen-bond acceptors (Lipinski definition) is 4. The first-order valence-corrected chi connectivity index (χ1v) is 9.89. The number of rotatable bonds is 6. The van der Waals surface area contributed by atoms with Gasteiger partial charge in [0.05, 0.1) is 4.90 Å². The van der Waals surface area contributed by atoms with Gasteiger partial charge in [-0.2, -0.15) is 0 Å². The Balaban J connectivity index is 1.89. The molecule has 140 valence electrons. The lowest BCUT2D eigenvalue weighted by Gasteiger charge is -2.19. The Morgan fingerprint density at radius 3 is 2.27 bits per heavy atom. The minimum absolute atomic E-state index is 0.0149. The zero-order chi connectivity index (χ0) is 19.4. The minimum Gasteiger partial charge on any atom is -0.311 e. The molecular formula is C19H25N3O3S. The third-order valence-corrected chi connectivity index (χ3v) is 5.33. The summed E-state index contributed by atoms with van der Waals surface area (Å²) in [6.45, 7) is 8.12. The number of benzene rings is 1. The van der Waals surface area contributed by atoms with Crippen molar-refractivity contribution in [2.24, 2.45) is 0 Å². The minimum atomic E-state index is -3.64. The van der Waals surface area contributed by atoms with E-state index in [1.807, 2.05) is 25.1 Å². The summed E-state index contributed by atoms with van der Waals surface area (Å²) in [5.41, 5.74) is 2.01. The van der Waals surface area contributed by atoms with Gasteiger partial charge in [-0.15, -0.1) is 0 Å². The van der Waals surface area contributed by atoms with Gasteiger partial charge in [0.1, 0.15) is 5.82 Å². The summed E-state index contributed by atoms with van der Waals surface area (Å²) in [4.78, 5) is 16.2. The second-order valence-corrected chi connectivity index (χ2v) is 8.96. The van der Waals surface area contributed by atoms with Crippen LogP contribution in [0.15, 0.2) is 47.5 Å². The van der Waals surface area contributed by atoms with E-state index in [4.69, 9.17) is 0 Å². The molecule has 1 amide bonds. The van der Waals surface area contributed by atoms with Gasteiger partial charge in [-0.25, -0.2) is 18.1 Å². The number of anilines is 1. The highest BCUT2D eigenvalue weighted by atomic mass is 32.2. The van der Waals surface area contributed by atoms with Gasteiger partial charge in [-0.1, -0.05) is 39.0 Å². The van der Waals surface area contributed by atoms with Crippen LogP contribution in [0.1, 0.15) is 38.3 Å². The van der Waals surface area contributed by atoms with Crippen LogP contribution >= 0.6 is 0 Å². The van der Waals surface area contributed by atoms with Gasteiger partial charge >= 0.3 is 0 Å². The molecule has 0 unspecified atom stereocenters. The Bertz CT molecular complexity index is 852. The Morgan fingerprint density at radius 2 is 1.73 bits per heavy atom. The fraction of sp³-hybridized carbons (Fsp3) is 0.368. The number of sulfonamides is 1. The summed E-state index contributed by atoms with van der Waals surface area (Å²) < 4.78 is 27.1. The van der Waals surface area contributed by atoms with Gasteiger partial charge in [0.2, 0.25) is 15.9 Å². The lowest BCUT2D eigenvalue weighted by molar-refractivity contribution is -0.116. The molecule has 26 heavy (non-hydrogen) atoms. The summed E-state index contributed by atoms with van der Waals surface area (Å²) in [7, 11) is -3.64. The number of hydrogen-bond donors (Lipinski definition) is 2. The van der Waals surface area contributed by atoms with Crippen molar-refractivity contribution >= 4 is 21.7 Å². The summed E-state index contributed by atoms with van der Waals surface area (Å²) in [6, 6.07) is 10.3. The second kappa shape index (κ2) is 7.97. The van der Waals surface area contributed by atoms with Crippen molar-refractivity contribution in [2.75, 3.05) is 11.9 Å². The molecule has 1 aromatic heterocycles. The quantitative estimate of drug-likeness (QED) is 0.812. The molecule has 1 aromatic carbocycles. The van der Waals surface area contributed by atoms with E-state index in [1.165, 1.54) is 0 Å². The highest BCUT2D eigenvalue weighted by molar-refractivity contribution is 7.89. The van der Waals surface area contributed by atoms with E-state index in [9.17, 15) is 13.2 Å². The predicted molar refractivity (Wildman–Crippen MR) is 103 cm³/mol. The first kappa shape index (κ1) is 20.1. The molecule has 0 aliphatic carbocycles. The van der Waals surface area contributed by atoms with Crippen molar-refractivity contribution in [3.05, 3.63) is 53.7 Å². The molecule has 6 nitrogen and oxygen atoms in total. The maximum Gasteiger partial charge on any atom is 0.240 e. The third-order valence-electron chi connectivity index (χ3n) is 3.85. The molecule has 0 saturated heterocycles. The number of amides is 1. The van der Waals surface area contributed by atoms with Crippen LogP contribution < -0.4 is 10.0 Å². The molecule has 0 aliphatic heterocycles. The van der Waals surface area contributed by atoms with Crippen LogP contribution in [0.2, 0.25) is 0 Å². The average molecular weight is 375 g/mol. The highest BCUT2D eigenvalue weighted by Crippen LogP contribution is 2.23. The van der Waals surface area contributed by atoms with Crippen molar-refractivity contribution in [3.8, 4) is 0 Å². The lowest BCUT2D eigenvalue weighted by atomic mass is 9.87. The number of aryl methyl sites for hydroxylation is 1. The van der Waals surface area contributed by atoms with Gasteiger partial charge in [0, 0.05) is 19.2 Å². The van der Waals surface area contributed by atoms with Crippen molar-refractivity contribution in [3.63, 3.8) is 0 Å². The van der Waals surface area contributed by atoms with E-state index in [0.29, 0.717) is 5.82 Å². The molecule has 7 heteroatoms. The summed E-state index contributed by atoms with van der Waals surface area (Å²) in [5, 5.41) is 2.63. The Morgan fingerprint density at radius 1 is 1.08 bits per heavy atom. The normalized spacial score (nSPS) is 12.0. The fourth-order valence-corrected chi connectivity index (χ4v) is 3.30. The standard InChI is InChI=1S/C19H25N3O3S/c1-14-5-10-17(20-13-14)22-18(23)11-12-21-26(24,25)16-8-6-15(7-9-16)19(2,3)4/h5-10,13,21H,11-12H2,1-4H3,(H,20,22,23). The molecule has 0 fully saturated rings. The average Bonchev–Trinajstić information content (AvgIpc) is 2.56. The van der Waals surface area contributed by atoms with Crippen LogP contribution in [0.4, 0.5) is 5.82 Å². The number of nitrogens with one attached hydrogen (secondary N) is 2. The van der Waals surface area contributed by atoms with Crippen LogP contribution in [0, 0.1) is 6.92 Å². The lowest BCUT2D eigenvalue weighted by Crippen LogP contribution is -2.28.